The van der Waals surface area contributed by atoms with Crippen LogP contribution in [0.4, 0.5) is 17.2 Å². The summed E-state index contributed by atoms with van der Waals surface area (Å²) in [7, 11) is 1.91. The van der Waals surface area contributed by atoms with Crippen molar-refractivity contribution in [1.29, 1.82) is 0 Å². The molecule has 2 amide bonds. The van der Waals surface area contributed by atoms with Crippen LogP contribution in [0.25, 0.3) is 0 Å². The lowest BCUT2D eigenvalue weighted by Crippen LogP contribution is -2.41. The lowest BCUT2D eigenvalue weighted by molar-refractivity contribution is -0.126. The Morgan fingerprint density at radius 2 is 1.79 bits per heavy atom. The highest BCUT2D eigenvalue weighted by Crippen LogP contribution is 2.38. The summed E-state index contributed by atoms with van der Waals surface area (Å²) in [6.45, 7) is 3.12. The van der Waals surface area contributed by atoms with Gasteiger partial charge in [0.15, 0.2) is 0 Å². The lowest BCUT2D eigenvalue weighted by Gasteiger charge is -2.32. The van der Waals surface area contributed by atoms with Crippen molar-refractivity contribution in [3.05, 3.63) is 36.0 Å². The van der Waals surface area contributed by atoms with Gasteiger partial charge in [-0.15, -0.1) is 12.4 Å². The van der Waals surface area contributed by atoms with E-state index in [-0.39, 0.29) is 36.1 Å². The first-order chi connectivity index (χ1) is 16.1. The fourth-order valence-electron chi connectivity index (χ4n) is 5.46. The summed E-state index contributed by atoms with van der Waals surface area (Å²) in [5.74, 6) is 1.97. The normalized spacial score (nSPS) is 22.4. The van der Waals surface area contributed by atoms with Crippen molar-refractivity contribution in [1.82, 2.24) is 20.4 Å². The molecule has 0 unspecified atom stereocenters. The molecular formula is C25H35ClN6O2. The van der Waals surface area contributed by atoms with Crippen LogP contribution in [-0.2, 0) is 23.2 Å². The zero-order valence-electron chi connectivity index (χ0n) is 19.8. The Kier molecular flexibility index (Phi) is 7.78. The Labute approximate surface area is 207 Å². The van der Waals surface area contributed by atoms with Gasteiger partial charge in [-0.1, -0.05) is 12.1 Å². The summed E-state index contributed by atoms with van der Waals surface area (Å²) >= 11 is 0. The minimum atomic E-state index is 0. The standard InChI is InChI=1S/C25H34N6O2.ClH/c1-30-23-20(15-28-30)16-31(22-5-3-2-4-21(22)29-23)25(33)19-8-6-17(7-9-19)14-27-24(32)18-10-12-26-13-11-18;/h2-5,15,17-19,26,29H,6-14,16H2,1H3,(H,27,32);1H. The second-order valence-corrected chi connectivity index (χ2v) is 9.70. The van der Waals surface area contributed by atoms with Gasteiger partial charge in [0.05, 0.1) is 24.1 Å². The first kappa shape index (κ1) is 24.5. The minimum Gasteiger partial charge on any atom is -0.356 e. The topological polar surface area (TPSA) is 91.3 Å². The number of nitrogens with one attached hydrogen (secondary N) is 3. The van der Waals surface area contributed by atoms with E-state index in [1.807, 2.05) is 47.1 Å². The summed E-state index contributed by atoms with van der Waals surface area (Å²) < 4.78 is 1.82. The predicted molar refractivity (Wildman–Crippen MR) is 135 cm³/mol. The maximum atomic E-state index is 13.7. The van der Waals surface area contributed by atoms with E-state index in [0.717, 1.165) is 80.9 Å². The first-order valence-corrected chi connectivity index (χ1v) is 12.3. The van der Waals surface area contributed by atoms with Gasteiger partial charge in [-0.05, 0) is 69.7 Å². The van der Waals surface area contributed by atoms with Crippen LogP contribution in [0.5, 0.6) is 0 Å². The largest absolute Gasteiger partial charge is 0.356 e. The third-order valence-electron chi connectivity index (χ3n) is 7.53. The third-order valence-corrected chi connectivity index (χ3v) is 7.53. The van der Waals surface area contributed by atoms with Gasteiger partial charge in [0.25, 0.3) is 0 Å². The molecule has 8 nitrogen and oxygen atoms in total. The predicted octanol–water partition coefficient (Wildman–Crippen LogP) is 3.35. The molecule has 1 saturated heterocycles. The van der Waals surface area contributed by atoms with E-state index in [0.29, 0.717) is 12.5 Å². The van der Waals surface area contributed by atoms with Gasteiger partial charge in [-0.25, -0.2) is 0 Å². The molecule has 34 heavy (non-hydrogen) atoms. The summed E-state index contributed by atoms with van der Waals surface area (Å²) in [6, 6.07) is 8.00. The minimum absolute atomic E-state index is 0. The van der Waals surface area contributed by atoms with Crippen LogP contribution in [0.1, 0.15) is 44.1 Å². The fourth-order valence-corrected chi connectivity index (χ4v) is 5.46. The molecule has 2 aliphatic heterocycles. The number of carbonyl (C=O) groups is 2. The van der Waals surface area contributed by atoms with E-state index >= 15 is 0 Å². The average Bonchev–Trinajstić information content (AvgIpc) is 3.10. The number of benzene rings is 1. The molecule has 2 fully saturated rings. The van der Waals surface area contributed by atoms with Gasteiger partial charge in [0.1, 0.15) is 5.82 Å². The van der Waals surface area contributed by atoms with Gasteiger partial charge in [-0.2, -0.15) is 5.10 Å². The number of nitrogens with zero attached hydrogens (tertiary/aromatic N) is 3. The molecule has 1 aromatic carbocycles. The highest BCUT2D eigenvalue weighted by atomic mass is 35.5. The molecule has 184 valence electrons. The van der Waals surface area contributed by atoms with Crippen LogP contribution < -0.4 is 20.9 Å². The van der Waals surface area contributed by atoms with Crippen molar-refractivity contribution >= 4 is 41.4 Å². The number of hydrogen-bond acceptors (Lipinski definition) is 5. The van der Waals surface area contributed by atoms with Crippen molar-refractivity contribution < 1.29 is 9.59 Å². The summed E-state index contributed by atoms with van der Waals surface area (Å²) in [5.41, 5.74) is 2.88. The van der Waals surface area contributed by atoms with E-state index in [1.54, 1.807) is 0 Å². The number of amides is 2. The molecule has 1 aromatic heterocycles. The second-order valence-electron chi connectivity index (χ2n) is 9.70. The molecule has 9 heteroatoms. The highest BCUT2D eigenvalue weighted by molar-refractivity contribution is 5.99. The lowest BCUT2D eigenvalue weighted by atomic mass is 9.81. The molecule has 0 bridgehead atoms. The van der Waals surface area contributed by atoms with Crippen LogP contribution in [0, 0.1) is 17.8 Å². The number of para-hydroxylation sites is 2. The number of piperidine rings is 1. The number of rotatable bonds is 4. The van der Waals surface area contributed by atoms with E-state index < -0.39 is 0 Å². The Balaban J connectivity index is 0.00000274. The van der Waals surface area contributed by atoms with Crippen molar-refractivity contribution in [2.45, 2.75) is 45.1 Å². The SMILES string of the molecule is Cl.Cn1ncc2c1Nc1ccccc1N(C(=O)C1CCC(CNC(=O)C3CCNCC3)CC1)C2. The Bertz CT molecular complexity index is 1010. The van der Waals surface area contributed by atoms with Crippen LogP contribution in [0.3, 0.4) is 0 Å². The number of anilines is 3. The Morgan fingerprint density at radius 3 is 2.56 bits per heavy atom. The van der Waals surface area contributed by atoms with Gasteiger partial charge < -0.3 is 20.9 Å². The number of fused-ring (bicyclic) bond motifs is 2. The summed E-state index contributed by atoms with van der Waals surface area (Å²) in [5, 5.41) is 14.3. The number of carbonyl (C=O) groups excluding carboxylic acids is 2. The number of aryl methyl sites for hydroxylation is 1. The van der Waals surface area contributed by atoms with Gasteiger partial charge >= 0.3 is 0 Å². The molecular weight excluding hydrogens is 452 g/mol. The number of aromatic nitrogens is 2. The molecule has 5 rings (SSSR count). The molecule has 1 aliphatic carbocycles. The van der Waals surface area contributed by atoms with Crippen LogP contribution in [-0.4, -0.2) is 41.2 Å². The maximum absolute atomic E-state index is 13.7. The number of halogens is 1. The van der Waals surface area contributed by atoms with Crippen LogP contribution in [0.15, 0.2) is 30.5 Å². The van der Waals surface area contributed by atoms with Crippen LogP contribution >= 0.6 is 12.4 Å². The zero-order valence-corrected chi connectivity index (χ0v) is 20.6. The molecule has 0 radical (unpaired) electrons. The quantitative estimate of drug-likeness (QED) is 0.616. The van der Waals surface area contributed by atoms with Crippen molar-refractivity contribution in [3.8, 4) is 0 Å². The summed E-state index contributed by atoms with van der Waals surface area (Å²) in [6.07, 6.45) is 7.41. The second kappa shape index (κ2) is 10.8. The van der Waals surface area contributed by atoms with Crippen LogP contribution in [0.2, 0.25) is 0 Å². The average molecular weight is 487 g/mol. The van der Waals surface area contributed by atoms with Crippen molar-refractivity contribution in [3.63, 3.8) is 0 Å². The van der Waals surface area contributed by atoms with Crippen molar-refractivity contribution in [2.24, 2.45) is 24.8 Å². The smallest absolute Gasteiger partial charge is 0.230 e. The maximum Gasteiger partial charge on any atom is 0.230 e. The van der Waals surface area contributed by atoms with E-state index in [2.05, 4.69) is 21.0 Å². The third kappa shape index (κ3) is 5.08. The first-order valence-electron chi connectivity index (χ1n) is 12.3. The summed E-state index contributed by atoms with van der Waals surface area (Å²) in [4.78, 5) is 28.0. The van der Waals surface area contributed by atoms with Gasteiger partial charge in [-0.3, -0.25) is 14.3 Å². The molecule has 3 N–H and O–H groups in total. The highest BCUT2D eigenvalue weighted by Gasteiger charge is 2.33. The number of hydrogen-bond donors (Lipinski definition) is 3. The van der Waals surface area contributed by atoms with E-state index in [9.17, 15) is 9.59 Å². The molecule has 3 aliphatic rings. The van der Waals surface area contributed by atoms with Gasteiger partial charge in [0.2, 0.25) is 11.8 Å². The molecule has 0 spiro atoms. The zero-order chi connectivity index (χ0) is 22.8. The van der Waals surface area contributed by atoms with E-state index in [4.69, 9.17) is 0 Å². The Hall–Kier alpha value is -2.58. The van der Waals surface area contributed by atoms with Crippen molar-refractivity contribution in [2.75, 3.05) is 29.9 Å². The molecule has 3 heterocycles. The fraction of sp³-hybridized carbons (Fsp3) is 0.560. The van der Waals surface area contributed by atoms with E-state index in [1.165, 1.54) is 0 Å². The molecule has 0 atom stereocenters. The Morgan fingerprint density at radius 1 is 1.06 bits per heavy atom. The molecule has 2 aromatic rings. The van der Waals surface area contributed by atoms with Gasteiger partial charge in [0, 0.05) is 31.0 Å². The monoisotopic (exact) mass is 486 g/mol. The molecule has 1 saturated carbocycles.